The van der Waals surface area contributed by atoms with Crippen LogP contribution in [0.3, 0.4) is 0 Å². The van der Waals surface area contributed by atoms with Gasteiger partial charge >= 0.3 is 0 Å². The number of piperazine rings is 1. The lowest BCUT2D eigenvalue weighted by Crippen LogP contribution is -2.50. The average molecular weight is 343 g/mol. The maximum atomic E-state index is 13.0. The zero-order valence-corrected chi connectivity index (χ0v) is 14.7. The summed E-state index contributed by atoms with van der Waals surface area (Å²) in [4.78, 5) is 4.44. The topological polar surface area (TPSA) is 18.5 Å². The third kappa shape index (κ3) is 4.03. The molecule has 1 saturated heterocycles. The Hall–Kier alpha value is -2.14. The van der Waals surface area contributed by atoms with Gasteiger partial charge in [-0.15, -0.1) is 0 Å². The number of aryl methyl sites for hydroxylation is 1. The van der Waals surface area contributed by atoms with Crippen molar-refractivity contribution in [2.45, 2.75) is 13.3 Å². The highest BCUT2D eigenvalue weighted by Gasteiger charge is 2.19. The van der Waals surface area contributed by atoms with Gasteiger partial charge in [0.2, 0.25) is 0 Å². The first-order chi connectivity index (χ1) is 11.7. The second kappa shape index (κ2) is 7.62. The summed E-state index contributed by atoms with van der Waals surface area (Å²) in [5.74, 6) is -0.197. The molecule has 1 heterocycles. The molecule has 0 bridgehead atoms. The van der Waals surface area contributed by atoms with Crippen LogP contribution < -0.4 is 10.2 Å². The van der Waals surface area contributed by atoms with Crippen molar-refractivity contribution in [2.24, 2.45) is 0 Å². The molecule has 1 fully saturated rings. The Morgan fingerprint density at radius 3 is 2.21 bits per heavy atom. The summed E-state index contributed by atoms with van der Waals surface area (Å²) >= 11 is 5.54. The number of halogens is 1. The molecular formula is C19H22FN3S. The highest BCUT2D eigenvalue weighted by molar-refractivity contribution is 7.80. The van der Waals surface area contributed by atoms with Crippen molar-refractivity contribution in [2.75, 3.05) is 36.4 Å². The lowest BCUT2D eigenvalue weighted by molar-refractivity contribution is 0.391. The number of nitrogens with one attached hydrogen (secondary N) is 1. The molecule has 126 valence electrons. The number of hydrogen-bond acceptors (Lipinski definition) is 2. The summed E-state index contributed by atoms with van der Waals surface area (Å²) in [7, 11) is 0. The molecule has 3 nitrogen and oxygen atoms in total. The van der Waals surface area contributed by atoms with E-state index in [1.54, 1.807) is 0 Å². The van der Waals surface area contributed by atoms with Crippen molar-refractivity contribution in [3.05, 3.63) is 59.9 Å². The van der Waals surface area contributed by atoms with Gasteiger partial charge in [-0.05, 0) is 60.6 Å². The maximum absolute atomic E-state index is 13.0. The Kier molecular flexibility index (Phi) is 5.30. The average Bonchev–Trinajstić information content (AvgIpc) is 2.63. The van der Waals surface area contributed by atoms with Crippen molar-refractivity contribution in [3.8, 4) is 0 Å². The van der Waals surface area contributed by atoms with E-state index in [0.717, 1.165) is 49.1 Å². The molecule has 2 aromatic carbocycles. The molecule has 1 aliphatic rings. The van der Waals surface area contributed by atoms with E-state index in [4.69, 9.17) is 12.2 Å². The number of rotatable bonds is 3. The molecule has 0 unspecified atom stereocenters. The molecule has 5 heteroatoms. The van der Waals surface area contributed by atoms with Crippen molar-refractivity contribution < 1.29 is 4.39 Å². The fourth-order valence-corrected chi connectivity index (χ4v) is 3.15. The molecule has 0 saturated carbocycles. The van der Waals surface area contributed by atoms with Gasteiger partial charge in [-0.25, -0.2) is 4.39 Å². The second-order valence-corrected chi connectivity index (χ2v) is 6.32. The van der Waals surface area contributed by atoms with Crippen LogP contribution in [-0.2, 0) is 6.42 Å². The molecule has 3 rings (SSSR count). The zero-order chi connectivity index (χ0) is 16.9. The minimum Gasteiger partial charge on any atom is -0.368 e. The second-order valence-electron chi connectivity index (χ2n) is 5.93. The van der Waals surface area contributed by atoms with Crippen molar-refractivity contribution in [1.29, 1.82) is 0 Å². The van der Waals surface area contributed by atoms with Crippen molar-refractivity contribution >= 4 is 28.7 Å². The van der Waals surface area contributed by atoms with E-state index >= 15 is 0 Å². The predicted molar refractivity (Wildman–Crippen MR) is 102 cm³/mol. The fraction of sp³-hybridized carbons (Fsp3) is 0.316. The normalized spacial score (nSPS) is 14.6. The summed E-state index contributed by atoms with van der Waals surface area (Å²) in [5, 5.41) is 4.08. The molecular weight excluding hydrogens is 321 g/mol. The van der Waals surface area contributed by atoms with Crippen LogP contribution in [0, 0.1) is 5.82 Å². The summed E-state index contributed by atoms with van der Waals surface area (Å²) in [6, 6.07) is 15.1. The molecule has 24 heavy (non-hydrogen) atoms. The third-order valence-corrected chi connectivity index (χ3v) is 4.73. The van der Waals surface area contributed by atoms with Gasteiger partial charge in [0.15, 0.2) is 5.11 Å². The van der Waals surface area contributed by atoms with Crippen LogP contribution >= 0.6 is 12.2 Å². The highest BCUT2D eigenvalue weighted by atomic mass is 32.1. The lowest BCUT2D eigenvalue weighted by atomic mass is 10.1. The molecule has 1 N–H and O–H groups in total. The van der Waals surface area contributed by atoms with E-state index in [1.165, 1.54) is 17.7 Å². The number of anilines is 2. The third-order valence-electron chi connectivity index (χ3n) is 4.37. The van der Waals surface area contributed by atoms with Gasteiger partial charge in [0.05, 0.1) is 0 Å². The van der Waals surface area contributed by atoms with E-state index < -0.39 is 0 Å². The number of thiocarbonyl (C=S) groups is 1. The van der Waals surface area contributed by atoms with Crippen molar-refractivity contribution in [3.63, 3.8) is 0 Å². The Labute approximate surface area is 148 Å². The molecule has 2 aromatic rings. The monoisotopic (exact) mass is 343 g/mol. The minimum absolute atomic E-state index is 0.197. The van der Waals surface area contributed by atoms with E-state index in [2.05, 4.69) is 46.3 Å². The van der Waals surface area contributed by atoms with Gasteiger partial charge < -0.3 is 15.1 Å². The van der Waals surface area contributed by atoms with Crippen LogP contribution in [0.2, 0.25) is 0 Å². The van der Waals surface area contributed by atoms with Crippen molar-refractivity contribution in [1.82, 2.24) is 4.90 Å². The van der Waals surface area contributed by atoms with E-state index in [9.17, 15) is 4.39 Å². The first kappa shape index (κ1) is 16.7. The van der Waals surface area contributed by atoms with Crippen LogP contribution in [0.1, 0.15) is 12.5 Å². The summed E-state index contributed by atoms with van der Waals surface area (Å²) in [5.41, 5.74) is 3.41. The molecule has 0 amide bonds. The molecule has 0 aromatic heterocycles. The standard InChI is InChI=1S/C19H22FN3S/c1-2-15-3-7-17(8-4-15)21-19(24)23-13-11-22(12-14-23)18-9-5-16(20)6-10-18/h3-10H,2,11-14H2,1H3,(H,21,24). The first-order valence-electron chi connectivity index (χ1n) is 8.31. The van der Waals surface area contributed by atoms with Crippen LogP contribution in [0.5, 0.6) is 0 Å². The molecule has 0 aliphatic carbocycles. The summed E-state index contributed by atoms with van der Waals surface area (Å²) < 4.78 is 13.0. The number of benzene rings is 2. The van der Waals surface area contributed by atoms with Crippen LogP contribution in [0.25, 0.3) is 0 Å². The number of hydrogen-bond donors (Lipinski definition) is 1. The van der Waals surface area contributed by atoms with Gasteiger partial charge in [0.25, 0.3) is 0 Å². The van der Waals surface area contributed by atoms with Crippen LogP contribution in [0.15, 0.2) is 48.5 Å². The molecule has 0 radical (unpaired) electrons. The van der Waals surface area contributed by atoms with Gasteiger partial charge in [0.1, 0.15) is 5.82 Å². The number of nitrogens with zero attached hydrogens (tertiary/aromatic N) is 2. The fourth-order valence-electron chi connectivity index (χ4n) is 2.85. The van der Waals surface area contributed by atoms with Gasteiger partial charge in [-0.3, -0.25) is 0 Å². The minimum atomic E-state index is -0.197. The van der Waals surface area contributed by atoms with Crippen LogP contribution in [-0.4, -0.2) is 36.2 Å². The molecule has 0 atom stereocenters. The lowest BCUT2D eigenvalue weighted by Gasteiger charge is -2.37. The Morgan fingerprint density at radius 2 is 1.62 bits per heavy atom. The molecule has 0 spiro atoms. The Morgan fingerprint density at radius 1 is 1.00 bits per heavy atom. The van der Waals surface area contributed by atoms with E-state index in [1.807, 2.05) is 12.1 Å². The van der Waals surface area contributed by atoms with E-state index in [0.29, 0.717) is 0 Å². The first-order valence-corrected chi connectivity index (χ1v) is 8.72. The quantitative estimate of drug-likeness (QED) is 0.852. The van der Waals surface area contributed by atoms with Crippen LogP contribution in [0.4, 0.5) is 15.8 Å². The largest absolute Gasteiger partial charge is 0.368 e. The summed E-state index contributed by atoms with van der Waals surface area (Å²) in [6.45, 7) is 5.62. The SMILES string of the molecule is CCc1ccc(NC(=S)N2CCN(c3ccc(F)cc3)CC2)cc1. The Bertz CT molecular complexity index is 677. The van der Waals surface area contributed by atoms with Gasteiger partial charge in [0, 0.05) is 37.6 Å². The highest BCUT2D eigenvalue weighted by Crippen LogP contribution is 2.18. The smallest absolute Gasteiger partial charge is 0.173 e. The zero-order valence-electron chi connectivity index (χ0n) is 13.8. The Balaban J connectivity index is 1.53. The van der Waals surface area contributed by atoms with Gasteiger partial charge in [-0.1, -0.05) is 19.1 Å². The van der Waals surface area contributed by atoms with Gasteiger partial charge in [-0.2, -0.15) is 0 Å². The van der Waals surface area contributed by atoms with E-state index in [-0.39, 0.29) is 5.82 Å². The molecule has 1 aliphatic heterocycles. The predicted octanol–water partition coefficient (Wildman–Crippen LogP) is 3.91. The summed E-state index contributed by atoms with van der Waals surface area (Å²) in [6.07, 6.45) is 1.04. The maximum Gasteiger partial charge on any atom is 0.173 e.